The number of rotatable bonds is 3. The third kappa shape index (κ3) is 2.33. The molecule has 0 saturated carbocycles. The molecule has 0 amide bonds. The summed E-state index contributed by atoms with van der Waals surface area (Å²) in [6.45, 7) is 0. The Morgan fingerprint density at radius 2 is 1.86 bits per heavy atom. The summed E-state index contributed by atoms with van der Waals surface area (Å²) >= 11 is 0. The number of carbonyl (C=O) groups is 1. The van der Waals surface area contributed by atoms with Crippen LogP contribution in [0, 0.1) is 0 Å². The summed E-state index contributed by atoms with van der Waals surface area (Å²) in [6.07, 6.45) is 0. The van der Waals surface area contributed by atoms with Crippen molar-refractivity contribution >= 4 is 16.9 Å². The number of para-hydroxylation sites is 1. The van der Waals surface area contributed by atoms with Gasteiger partial charge in [-0.15, -0.1) is 0 Å². The fourth-order valence-electron chi connectivity index (χ4n) is 2.30. The summed E-state index contributed by atoms with van der Waals surface area (Å²) in [5, 5.41) is 9.87. The SMILES string of the molecule is COc1ccc(C(=O)O)cc1-c1cc2ccccc2oc1=O. The maximum Gasteiger partial charge on any atom is 0.344 e. The number of methoxy groups -OCH3 is 1. The molecule has 2 aromatic carbocycles. The zero-order valence-electron chi connectivity index (χ0n) is 11.7. The van der Waals surface area contributed by atoms with Crippen molar-refractivity contribution in [1.29, 1.82) is 0 Å². The molecule has 0 aliphatic carbocycles. The Hall–Kier alpha value is -3.08. The van der Waals surface area contributed by atoms with E-state index in [0.717, 1.165) is 5.39 Å². The number of carboxylic acids is 1. The summed E-state index contributed by atoms with van der Waals surface area (Å²) in [6, 6.07) is 13.1. The molecular formula is C17H12O5. The molecule has 0 spiro atoms. The first-order valence-corrected chi connectivity index (χ1v) is 6.55. The van der Waals surface area contributed by atoms with Gasteiger partial charge < -0.3 is 14.3 Å². The van der Waals surface area contributed by atoms with Crippen LogP contribution in [0.15, 0.2) is 57.7 Å². The molecule has 0 aliphatic rings. The average Bonchev–Trinajstić information content (AvgIpc) is 2.53. The Balaban J connectivity index is 2.30. The summed E-state index contributed by atoms with van der Waals surface area (Å²) in [5.74, 6) is -0.665. The van der Waals surface area contributed by atoms with Crippen molar-refractivity contribution in [2.24, 2.45) is 0 Å². The first-order valence-electron chi connectivity index (χ1n) is 6.55. The molecule has 3 rings (SSSR count). The largest absolute Gasteiger partial charge is 0.496 e. The normalized spacial score (nSPS) is 10.6. The molecule has 1 aromatic heterocycles. The number of fused-ring (bicyclic) bond motifs is 1. The van der Waals surface area contributed by atoms with Gasteiger partial charge >= 0.3 is 11.6 Å². The van der Waals surface area contributed by atoms with Crippen molar-refractivity contribution in [3.05, 3.63) is 64.5 Å². The van der Waals surface area contributed by atoms with Crippen molar-refractivity contribution in [2.75, 3.05) is 7.11 Å². The molecule has 1 heterocycles. The van der Waals surface area contributed by atoms with Crippen LogP contribution in [-0.2, 0) is 0 Å². The van der Waals surface area contributed by atoms with E-state index in [0.29, 0.717) is 16.9 Å². The lowest BCUT2D eigenvalue weighted by molar-refractivity contribution is 0.0697. The quantitative estimate of drug-likeness (QED) is 0.751. The van der Waals surface area contributed by atoms with E-state index in [4.69, 9.17) is 14.3 Å². The van der Waals surface area contributed by atoms with E-state index in [9.17, 15) is 9.59 Å². The number of hydrogen-bond donors (Lipinski definition) is 1. The lowest BCUT2D eigenvalue weighted by Crippen LogP contribution is -2.05. The average molecular weight is 296 g/mol. The summed E-state index contributed by atoms with van der Waals surface area (Å²) in [4.78, 5) is 23.4. The van der Waals surface area contributed by atoms with Crippen molar-refractivity contribution in [3.63, 3.8) is 0 Å². The van der Waals surface area contributed by atoms with Crippen LogP contribution in [0.25, 0.3) is 22.1 Å². The highest BCUT2D eigenvalue weighted by Gasteiger charge is 2.15. The van der Waals surface area contributed by atoms with Gasteiger partial charge in [0.1, 0.15) is 11.3 Å². The van der Waals surface area contributed by atoms with Crippen LogP contribution in [0.4, 0.5) is 0 Å². The van der Waals surface area contributed by atoms with Gasteiger partial charge in [-0.1, -0.05) is 18.2 Å². The number of ether oxygens (including phenoxy) is 1. The molecule has 110 valence electrons. The molecule has 5 heteroatoms. The van der Waals surface area contributed by atoms with Crippen LogP contribution in [-0.4, -0.2) is 18.2 Å². The molecule has 0 fully saturated rings. The van der Waals surface area contributed by atoms with Gasteiger partial charge in [0, 0.05) is 10.9 Å². The molecule has 0 radical (unpaired) electrons. The maximum absolute atomic E-state index is 12.2. The van der Waals surface area contributed by atoms with Crippen LogP contribution < -0.4 is 10.4 Å². The zero-order valence-corrected chi connectivity index (χ0v) is 11.7. The van der Waals surface area contributed by atoms with Gasteiger partial charge in [-0.2, -0.15) is 0 Å². The fourth-order valence-corrected chi connectivity index (χ4v) is 2.30. The first kappa shape index (κ1) is 13.9. The standard InChI is InChI=1S/C17H12O5/c1-21-15-7-6-11(16(18)19)9-12(15)13-8-10-4-2-3-5-14(10)22-17(13)20/h2-9H,1H3,(H,18,19). The second-order valence-electron chi connectivity index (χ2n) is 4.71. The van der Waals surface area contributed by atoms with Gasteiger partial charge in [-0.25, -0.2) is 9.59 Å². The van der Waals surface area contributed by atoms with E-state index in [1.165, 1.54) is 25.3 Å². The molecule has 0 unspecified atom stereocenters. The van der Waals surface area contributed by atoms with Crippen LogP contribution in [0.2, 0.25) is 0 Å². The number of benzene rings is 2. The lowest BCUT2D eigenvalue weighted by Gasteiger charge is -2.09. The highest BCUT2D eigenvalue weighted by molar-refractivity contribution is 5.91. The van der Waals surface area contributed by atoms with Gasteiger partial charge in [-0.3, -0.25) is 0 Å². The zero-order chi connectivity index (χ0) is 15.7. The second-order valence-corrected chi connectivity index (χ2v) is 4.71. The number of aromatic carboxylic acids is 1. The molecule has 5 nitrogen and oxygen atoms in total. The van der Waals surface area contributed by atoms with Crippen LogP contribution >= 0.6 is 0 Å². The van der Waals surface area contributed by atoms with Crippen molar-refractivity contribution < 1.29 is 19.1 Å². The highest BCUT2D eigenvalue weighted by Crippen LogP contribution is 2.30. The predicted octanol–water partition coefficient (Wildman–Crippen LogP) is 3.17. The molecule has 22 heavy (non-hydrogen) atoms. The molecule has 0 aliphatic heterocycles. The van der Waals surface area contributed by atoms with Crippen LogP contribution in [0.3, 0.4) is 0 Å². The Kier molecular flexibility index (Phi) is 3.39. The van der Waals surface area contributed by atoms with E-state index in [1.54, 1.807) is 18.2 Å². The first-order chi connectivity index (χ1) is 10.6. The Labute approximate surface area is 125 Å². The molecule has 3 aromatic rings. The van der Waals surface area contributed by atoms with Gasteiger partial charge in [0.15, 0.2) is 0 Å². The molecule has 0 atom stereocenters. The van der Waals surface area contributed by atoms with Crippen molar-refractivity contribution in [1.82, 2.24) is 0 Å². The van der Waals surface area contributed by atoms with E-state index in [1.807, 2.05) is 12.1 Å². The van der Waals surface area contributed by atoms with Gasteiger partial charge in [0.2, 0.25) is 0 Å². The minimum Gasteiger partial charge on any atom is -0.496 e. The molecular weight excluding hydrogens is 284 g/mol. The number of hydrogen-bond acceptors (Lipinski definition) is 4. The monoisotopic (exact) mass is 296 g/mol. The summed E-state index contributed by atoms with van der Waals surface area (Å²) in [7, 11) is 1.46. The lowest BCUT2D eigenvalue weighted by atomic mass is 10.0. The second kappa shape index (κ2) is 5.37. The summed E-state index contributed by atoms with van der Waals surface area (Å²) in [5.41, 5.74) is 0.660. The van der Waals surface area contributed by atoms with Gasteiger partial charge in [0.25, 0.3) is 0 Å². The predicted molar refractivity (Wildman–Crippen MR) is 81.4 cm³/mol. The van der Waals surface area contributed by atoms with Crippen LogP contribution in [0.1, 0.15) is 10.4 Å². The van der Waals surface area contributed by atoms with Gasteiger partial charge in [-0.05, 0) is 30.3 Å². The molecule has 0 saturated heterocycles. The van der Waals surface area contributed by atoms with Crippen molar-refractivity contribution in [2.45, 2.75) is 0 Å². The Bertz CT molecular complexity index is 924. The smallest absolute Gasteiger partial charge is 0.344 e. The summed E-state index contributed by atoms with van der Waals surface area (Å²) < 4.78 is 10.5. The molecule has 0 bridgehead atoms. The van der Waals surface area contributed by atoms with Crippen molar-refractivity contribution in [3.8, 4) is 16.9 Å². The topological polar surface area (TPSA) is 76.7 Å². The fraction of sp³-hybridized carbons (Fsp3) is 0.0588. The number of carboxylic acid groups (broad SMARTS) is 1. The van der Waals surface area contributed by atoms with E-state index in [2.05, 4.69) is 0 Å². The molecule has 1 N–H and O–H groups in total. The van der Waals surface area contributed by atoms with E-state index in [-0.39, 0.29) is 11.1 Å². The van der Waals surface area contributed by atoms with E-state index >= 15 is 0 Å². The third-order valence-corrected chi connectivity index (χ3v) is 3.38. The third-order valence-electron chi connectivity index (χ3n) is 3.38. The Morgan fingerprint density at radius 3 is 2.59 bits per heavy atom. The Morgan fingerprint density at radius 1 is 1.09 bits per heavy atom. The minimum atomic E-state index is -1.07. The van der Waals surface area contributed by atoms with Crippen LogP contribution in [0.5, 0.6) is 5.75 Å². The van der Waals surface area contributed by atoms with Gasteiger partial charge in [0.05, 0.1) is 18.2 Å². The maximum atomic E-state index is 12.2. The van der Waals surface area contributed by atoms with E-state index < -0.39 is 11.6 Å². The highest BCUT2D eigenvalue weighted by atomic mass is 16.5. The minimum absolute atomic E-state index is 0.0726.